The third kappa shape index (κ3) is 3.06. The molecule has 2 heteroatoms. The predicted octanol–water partition coefficient (Wildman–Crippen LogP) is 4.22. The standard InChI is InChI=1S/C18H27NO/c20-18(15-8-4-2-1-3-5-9-15)16-12-6-10-14-11-7-13-19-17(14)16/h7,11,13,15-16,18,20H,1-6,8-10,12H2. The number of rotatable bonds is 2. The van der Waals surface area contributed by atoms with Crippen LogP contribution in [0.25, 0.3) is 0 Å². The number of hydrogen-bond acceptors (Lipinski definition) is 2. The monoisotopic (exact) mass is 273 g/mol. The number of aliphatic hydroxyl groups is 1. The first kappa shape index (κ1) is 14.1. The Bertz CT molecular complexity index is 423. The van der Waals surface area contributed by atoms with Crippen molar-refractivity contribution in [2.75, 3.05) is 0 Å². The lowest BCUT2D eigenvalue weighted by Crippen LogP contribution is -2.31. The molecule has 0 spiro atoms. The van der Waals surface area contributed by atoms with E-state index in [2.05, 4.69) is 11.1 Å². The van der Waals surface area contributed by atoms with Crippen LogP contribution in [0.1, 0.15) is 75.0 Å². The highest BCUT2D eigenvalue weighted by molar-refractivity contribution is 5.27. The van der Waals surface area contributed by atoms with Crippen molar-refractivity contribution in [2.45, 2.75) is 76.2 Å². The topological polar surface area (TPSA) is 33.1 Å². The highest BCUT2D eigenvalue weighted by Crippen LogP contribution is 2.38. The Kier molecular flexibility index (Phi) is 4.72. The summed E-state index contributed by atoms with van der Waals surface area (Å²) < 4.78 is 0. The molecule has 2 aliphatic carbocycles. The second-order valence-electron chi connectivity index (χ2n) is 6.64. The average molecular weight is 273 g/mol. The summed E-state index contributed by atoms with van der Waals surface area (Å²) in [7, 11) is 0. The molecule has 0 aliphatic heterocycles. The first-order valence-corrected chi connectivity index (χ1v) is 8.48. The first-order valence-electron chi connectivity index (χ1n) is 8.48. The molecule has 2 atom stereocenters. The van der Waals surface area contributed by atoms with Crippen molar-refractivity contribution in [3.05, 3.63) is 29.6 Å². The number of nitrogens with zero attached hydrogens (tertiary/aromatic N) is 1. The van der Waals surface area contributed by atoms with E-state index < -0.39 is 0 Å². The van der Waals surface area contributed by atoms with Crippen LogP contribution in [-0.4, -0.2) is 16.2 Å². The Morgan fingerprint density at radius 2 is 1.75 bits per heavy atom. The van der Waals surface area contributed by atoms with Gasteiger partial charge >= 0.3 is 0 Å². The molecule has 20 heavy (non-hydrogen) atoms. The van der Waals surface area contributed by atoms with Crippen molar-refractivity contribution in [2.24, 2.45) is 5.92 Å². The summed E-state index contributed by atoms with van der Waals surface area (Å²) in [5, 5.41) is 10.9. The van der Waals surface area contributed by atoms with E-state index >= 15 is 0 Å². The third-order valence-corrected chi connectivity index (χ3v) is 5.28. The summed E-state index contributed by atoms with van der Waals surface area (Å²) in [5.74, 6) is 0.776. The summed E-state index contributed by atoms with van der Waals surface area (Å²) in [6.07, 6.45) is 14.3. The lowest BCUT2D eigenvalue weighted by Gasteiger charge is -2.34. The molecule has 0 saturated heterocycles. The van der Waals surface area contributed by atoms with Crippen LogP contribution in [0.15, 0.2) is 18.3 Å². The molecule has 1 fully saturated rings. The maximum absolute atomic E-state index is 10.9. The highest BCUT2D eigenvalue weighted by Gasteiger charge is 2.32. The maximum atomic E-state index is 10.9. The van der Waals surface area contributed by atoms with E-state index in [1.807, 2.05) is 12.3 Å². The molecule has 0 radical (unpaired) electrons. The fourth-order valence-corrected chi connectivity index (χ4v) is 4.14. The van der Waals surface area contributed by atoms with E-state index in [-0.39, 0.29) is 12.0 Å². The molecule has 110 valence electrons. The summed E-state index contributed by atoms with van der Waals surface area (Å²) in [6, 6.07) is 4.22. The van der Waals surface area contributed by atoms with Gasteiger partial charge in [-0.3, -0.25) is 4.98 Å². The van der Waals surface area contributed by atoms with Gasteiger partial charge in [0.25, 0.3) is 0 Å². The van der Waals surface area contributed by atoms with E-state index in [4.69, 9.17) is 0 Å². The minimum Gasteiger partial charge on any atom is -0.392 e. The molecule has 1 heterocycles. The van der Waals surface area contributed by atoms with Crippen molar-refractivity contribution in [1.82, 2.24) is 4.98 Å². The number of hydrogen-bond donors (Lipinski definition) is 1. The number of fused-ring (bicyclic) bond motifs is 1. The molecule has 1 saturated carbocycles. The molecule has 2 aliphatic rings. The molecule has 0 aromatic carbocycles. The Labute approximate surface area is 122 Å². The van der Waals surface area contributed by atoms with Crippen molar-refractivity contribution < 1.29 is 5.11 Å². The normalized spacial score (nSPS) is 26.4. The van der Waals surface area contributed by atoms with Crippen molar-refractivity contribution in [3.8, 4) is 0 Å². The Hall–Kier alpha value is -0.890. The molecule has 0 bridgehead atoms. The van der Waals surface area contributed by atoms with Gasteiger partial charge < -0.3 is 5.11 Å². The average Bonchev–Trinajstić information content (AvgIpc) is 2.46. The second-order valence-corrected chi connectivity index (χ2v) is 6.64. The summed E-state index contributed by atoms with van der Waals surface area (Å²) >= 11 is 0. The Morgan fingerprint density at radius 3 is 2.55 bits per heavy atom. The second kappa shape index (κ2) is 6.71. The zero-order valence-electron chi connectivity index (χ0n) is 12.4. The fraction of sp³-hybridized carbons (Fsp3) is 0.722. The number of aryl methyl sites for hydroxylation is 1. The molecule has 2 unspecified atom stereocenters. The van der Waals surface area contributed by atoms with Gasteiger partial charge in [-0.05, 0) is 49.7 Å². The lowest BCUT2D eigenvalue weighted by molar-refractivity contribution is 0.0588. The quantitative estimate of drug-likeness (QED) is 0.875. The van der Waals surface area contributed by atoms with E-state index in [0.717, 1.165) is 12.8 Å². The maximum Gasteiger partial charge on any atom is 0.0652 e. The van der Waals surface area contributed by atoms with Crippen LogP contribution in [-0.2, 0) is 6.42 Å². The molecule has 0 amide bonds. The molecular formula is C18H27NO. The molecule has 2 nitrogen and oxygen atoms in total. The van der Waals surface area contributed by atoms with Crippen molar-refractivity contribution in [1.29, 1.82) is 0 Å². The van der Waals surface area contributed by atoms with Gasteiger partial charge in [-0.2, -0.15) is 0 Å². The van der Waals surface area contributed by atoms with Crippen LogP contribution < -0.4 is 0 Å². The highest BCUT2D eigenvalue weighted by atomic mass is 16.3. The van der Waals surface area contributed by atoms with Gasteiger partial charge in [-0.15, -0.1) is 0 Å². The van der Waals surface area contributed by atoms with Gasteiger partial charge in [0.15, 0.2) is 0 Å². The molecule has 1 aromatic heterocycles. The zero-order valence-corrected chi connectivity index (χ0v) is 12.4. The van der Waals surface area contributed by atoms with E-state index in [0.29, 0.717) is 5.92 Å². The van der Waals surface area contributed by atoms with Gasteiger partial charge in [0.2, 0.25) is 0 Å². The molecular weight excluding hydrogens is 246 g/mol. The number of aromatic nitrogens is 1. The van der Waals surface area contributed by atoms with Crippen LogP contribution in [0.2, 0.25) is 0 Å². The SMILES string of the molecule is OC(C1CCCCCCC1)C1CCCc2cccnc21. The minimum absolute atomic E-state index is 0.179. The predicted molar refractivity (Wildman–Crippen MR) is 81.7 cm³/mol. The van der Waals surface area contributed by atoms with Crippen LogP contribution >= 0.6 is 0 Å². The fourth-order valence-electron chi connectivity index (χ4n) is 4.14. The summed E-state index contributed by atoms with van der Waals surface area (Å²) in [5.41, 5.74) is 2.56. The third-order valence-electron chi connectivity index (χ3n) is 5.28. The number of pyridine rings is 1. The van der Waals surface area contributed by atoms with Crippen LogP contribution in [0.3, 0.4) is 0 Å². The van der Waals surface area contributed by atoms with E-state index in [1.54, 1.807) is 0 Å². The van der Waals surface area contributed by atoms with Crippen molar-refractivity contribution >= 4 is 0 Å². The van der Waals surface area contributed by atoms with Gasteiger partial charge in [0.05, 0.1) is 6.10 Å². The Morgan fingerprint density at radius 1 is 1.00 bits per heavy atom. The van der Waals surface area contributed by atoms with Crippen LogP contribution in [0, 0.1) is 5.92 Å². The van der Waals surface area contributed by atoms with Gasteiger partial charge in [-0.1, -0.05) is 38.2 Å². The Balaban J connectivity index is 1.74. The summed E-state index contributed by atoms with van der Waals surface area (Å²) in [6.45, 7) is 0. The molecule has 3 rings (SSSR count). The number of aliphatic hydroxyl groups excluding tert-OH is 1. The van der Waals surface area contributed by atoms with Gasteiger partial charge in [0.1, 0.15) is 0 Å². The molecule has 1 N–H and O–H groups in total. The minimum atomic E-state index is -0.179. The van der Waals surface area contributed by atoms with Gasteiger partial charge in [0, 0.05) is 17.8 Å². The first-order chi connectivity index (χ1) is 9.86. The molecule has 1 aromatic rings. The largest absolute Gasteiger partial charge is 0.392 e. The van der Waals surface area contributed by atoms with E-state index in [1.165, 1.54) is 62.6 Å². The van der Waals surface area contributed by atoms with Gasteiger partial charge in [-0.25, -0.2) is 0 Å². The smallest absolute Gasteiger partial charge is 0.0652 e. The van der Waals surface area contributed by atoms with Crippen LogP contribution in [0.4, 0.5) is 0 Å². The lowest BCUT2D eigenvalue weighted by atomic mass is 9.75. The van der Waals surface area contributed by atoms with E-state index in [9.17, 15) is 5.11 Å². The summed E-state index contributed by atoms with van der Waals surface area (Å²) in [4.78, 5) is 4.60. The van der Waals surface area contributed by atoms with Crippen molar-refractivity contribution in [3.63, 3.8) is 0 Å². The van der Waals surface area contributed by atoms with Crippen LogP contribution in [0.5, 0.6) is 0 Å². The zero-order chi connectivity index (χ0) is 13.8.